The van der Waals surface area contributed by atoms with Crippen molar-refractivity contribution < 1.29 is 4.39 Å². The molecule has 2 unspecified atom stereocenters. The molecular weight excluding hydrogens is 209 g/mol. The van der Waals surface area contributed by atoms with Crippen LogP contribution in [-0.2, 0) is 0 Å². The largest absolute Gasteiger partial charge is 0.330 e. The van der Waals surface area contributed by atoms with Gasteiger partial charge in [0.25, 0.3) is 0 Å². The van der Waals surface area contributed by atoms with E-state index in [1.165, 1.54) is 0 Å². The number of fused-ring (bicyclic) bond motifs is 1. The van der Waals surface area contributed by atoms with Crippen molar-refractivity contribution in [3.63, 3.8) is 0 Å². The molecule has 1 nitrogen and oxygen atoms in total. The summed E-state index contributed by atoms with van der Waals surface area (Å²) >= 11 is 1.63. The van der Waals surface area contributed by atoms with Gasteiger partial charge in [-0.15, -0.1) is 11.8 Å². The summed E-state index contributed by atoms with van der Waals surface area (Å²) in [5, 5.41) is 0. The van der Waals surface area contributed by atoms with Crippen LogP contribution in [0.3, 0.4) is 0 Å². The van der Waals surface area contributed by atoms with Crippen molar-refractivity contribution in [1.82, 2.24) is 0 Å². The number of nitrogens with two attached hydrogens (primary N) is 1. The topological polar surface area (TPSA) is 26.0 Å². The van der Waals surface area contributed by atoms with Crippen LogP contribution in [0.5, 0.6) is 0 Å². The second-order valence-electron chi connectivity index (χ2n) is 4.11. The first-order chi connectivity index (χ1) is 7.24. The Morgan fingerprint density at radius 1 is 1.60 bits per heavy atom. The van der Waals surface area contributed by atoms with E-state index in [4.69, 9.17) is 5.73 Å². The van der Waals surface area contributed by atoms with Gasteiger partial charge in [0.1, 0.15) is 5.82 Å². The Kier molecular flexibility index (Phi) is 3.32. The van der Waals surface area contributed by atoms with Gasteiger partial charge in [0.15, 0.2) is 0 Å². The van der Waals surface area contributed by atoms with E-state index in [1.807, 2.05) is 6.07 Å². The van der Waals surface area contributed by atoms with Gasteiger partial charge in [-0.2, -0.15) is 0 Å². The molecule has 0 radical (unpaired) electrons. The highest BCUT2D eigenvalue weighted by Gasteiger charge is 2.26. The van der Waals surface area contributed by atoms with E-state index in [9.17, 15) is 4.39 Å². The minimum absolute atomic E-state index is 0.0774. The lowest BCUT2D eigenvalue weighted by atomic mass is 9.85. The Morgan fingerprint density at radius 3 is 3.13 bits per heavy atom. The second-order valence-corrected chi connectivity index (χ2v) is 5.22. The molecule has 1 heterocycles. The lowest BCUT2D eigenvalue weighted by molar-refractivity contribution is 0.443. The van der Waals surface area contributed by atoms with Crippen molar-refractivity contribution in [3.8, 4) is 0 Å². The Hall–Kier alpha value is -0.540. The molecule has 0 fully saturated rings. The number of thioether (sulfide) groups is 1. The van der Waals surface area contributed by atoms with E-state index in [2.05, 4.69) is 6.92 Å². The fourth-order valence-corrected chi connectivity index (χ4v) is 3.34. The van der Waals surface area contributed by atoms with E-state index in [1.54, 1.807) is 23.9 Å². The highest BCUT2D eigenvalue weighted by atomic mass is 32.2. The van der Waals surface area contributed by atoms with Gasteiger partial charge in [-0.3, -0.25) is 0 Å². The summed E-state index contributed by atoms with van der Waals surface area (Å²) in [4.78, 5) is 0.842. The van der Waals surface area contributed by atoms with Crippen molar-refractivity contribution in [1.29, 1.82) is 0 Å². The van der Waals surface area contributed by atoms with Crippen LogP contribution < -0.4 is 5.73 Å². The second kappa shape index (κ2) is 4.54. The number of benzene rings is 1. The molecule has 2 rings (SSSR count). The molecule has 0 spiro atoms. The molecule has 1 aromatic rings. The monoisotopic (exact) mass is 225 g/mol. The third kappa shape index (κ3) is 2.04. The van der Waals surface area contributed by atoms with Crippen LogP contribution in [0, 0.1) is 11.7 Å². The summed E-state index contributed by atoms with van der Waals surface area (Å²) in [6, 6.07) is 5.39. The van der Waals surface area contributed by atoms with Gasteiger partial charge in [-0.1, -0.05) is 19.1 Å². The molecule has 0 aromatic heterocycles. The number of halogens is 1. The first kappa shape index (κ1) is 11.0. The zero-order valence-corrected chi connectivity index (χ0v) is 9.69. The van der Waals surface area contributed by atoms with Gasteiger partial charge in [0, 0.05) is 4.90 Å². The Bertz CT molecular complexity index is 353. The highest BCUT2D eigenvalue weighted by molar-refractivity contribution is 7.99. The smallest absolute Gasteiger partial charge is 0.137 e. The van der Waals surface area contributed by atoms with Gasteiger partial charge < -0.3 is 5.73 Å². The Labute approximate surface area is 94.2 Å². The summed E-state index contributed by atoms with van der Waals surface area (Å²) in [5.41, 5.74) is 6.85. The van der Waals surface area contributed by atoms with Crippen LogP contribution in [0.15, 0.2) is 23.1 Å². The van der Waals surface area contributed by atoms with Crippen molar-refractivity contribution >= 4 is 11.8 Å². The summed E-state index contributed by atoms with van der Waals surface area (Å²) in [5.74, 6) is 1.79. The van der Waals surface area contributed by atoms with Crippen LogP contribution in [0.1, 0.15) is 24.8 Å². The molecule has 1 aliphatic rings. The molecule has 0 saturated heterocycles. The van der Waals surface area contributed by atoms with Crippen molar-refractivity contribution in [2.45, 2.75) is 24.2 Å². The Balaban J connectivity index is 2.38. The molecule has 3 heteroatoms. The molecule has 0 amide bonds. The van der Waals surface area contributed by atoms with Gasteiger partial charge in [0.2, 0.25) is 0 Å². The van der Waals surface area contributed by atoms with E-state index in [0.717, 1.165) is 22.6 Å². The molecule has 0 bridgehead atoms. The van der Waals surface area contributed by atoms with Crippen molar-refractivity contribution in [3.05, 3.63) is 29.6 Å². The van der Waals surface area contributed by atoms with E-state index < -0.39 is 0 Å². The molecule has 82 valence electrons. The number of hydrogen-bond donors (Lipinski definition) is 1. The summed E-state index contributed by atoms with van der Waals surface area (Å²) in [6.45, 7) is 2.82. The molecule has 0 aliphatic carbocycles. The molecule has 0 saturated carbocycles. The molecule has 1 aromatic carbocycles. The standard InChI is InChI=1S/C12H16FNS/c1-8(7-14)9-5-6-15-12-10(9)3-2-4-11(12)13/h2-4,8-9H,5-7,14H2,1H3. The maximum Gasteiger partial charge on any atom is 0.137 e. The average molecular weight is 225 g/mol. The molecule has 2 atom stereocenters. The lowest BCUT2D eigenvalue weighted by Gasteiger charge is -2.29. The van der Waals surface area contributed by atoms with Crippen LogP contribution in [0.4, 0.5) is 4.39 Å². The fraction of sp³-hybridized carbons (Fsp3) is 0.500. The van der Waals surface area contributed by atoms with E-state index in [0.29, 0.717) is 18.4 Å². The third-order valence-electron chi connectivity index (χ3n) is 3.13. The zero-order valence-electron chi connectivity index (χ0n) is 8.87. The Morgan fingerprint density at radius 2 is 2.40 bits per heavy atom. The van der Waals surface area contributed by atoms with Crippen LogP contribution >= 0.6 is 11.8 Å². The molecule has 2 N–H and O–H groups in total. The lowest BCUT2D eigenvalue weighted by Crippen LogP contribution is -2.22. The van der Waals surface area contributed by atoms with Crippen LogP contribution in [-0.4, -0.2) is 12.3 Å². The van der Waals surface area contributed by atoms with Gasteiger partial charge in [-0.25, -0.2) is 4.39 Å². The maximum atomic E-state index is 13.6. The van der Waals surface area contributed by atoms with E-state index in [-0.39, 0.29) is 5.82 Å². The summed E-state index contributed by atoms with van der Waals surface area (Å²) in [7, 11) is 0. The van der Waals surface area contributed by atoms with Gasteiger partial charge >= 0.3 is 0 Å². The predicted octanol–water partition coefficient (Wildman–Crippen LogP) is 3.00. The first-order valence-corrected chi connectivity index (χ1v) is 6.34. The number of hydrogen-bond acceptors (Lipinski definition) is 2. The van der Waals surface area contributed by atoms with Gasteiger partial charge in [-0.05, 0) is 42.2 Å². The highest BCUT2D eigenvalue weighted by Crippen LogP contribution is 2.42. The zero-order chi connectivity index (χ0) is 10.8. The summed E-state index contributed by atoms with van der Waals surface area (Å²) in [6.07, 6.45) is 1.11. The van der Waals surface area contributed by atoms with Gasteiger partial charge in [0.05, 0.1) is 0 Å². The minimum Gasteiger partial charge on any atom is -0.330 e. The van der Waals surface area contributed by atoms with E-state index >= 15 is 0 Å². The summed E-state index contributed by atoms with van der Waals surface area (Å²) < 4.78 is 13.6. The minimum atomic E-state index is -0.0774. The quantitative estimate of drug-likeness (QED) is 0.837. The third-order valence-corrected chi connectivity index (χ3v) is 4.29. The number of rotatable bonds is 2. The van der Waals surface area contributed by atoms with Crippen LogP contribution in [0.2, 0.25) is 0 Å². The molecule has 1 aliphatic heterocycles. The van der Waals surface area contributed by atoms with Crippen molar-refractivity contribution in [2.24, 2.45) is 11.7 Å². The SMILES string of the molecule is CC(CN)C1CCSc2c(F)cccc21. The van der Waals surface area contributed by atoms with Crippen LogP contribution in [0.25, 0.3) is 0 Å². The maximum absolute atomic E-state index is 13.6. The first-order valence-electron chi connectivity index (χ1n) is 5.35. The fourth-order valence-electron chi connectivity index (χ4n) is 2.17. The normalized spacial score (nSPS) is 22.2. The van der Waals surface area contributed by atoms with Crippen molar-refractivity contribution in [2.75, 3.05) is 12.3 Å². The average Bonchev–Trinajstić information content (AvgIpc) is 2.28. The predicted molar refractivity (Wildman–Crippen MR) is 62.7 cm³/mol. The molecular formula is C12H16FNS. The molecule has 15 heavy (non-hydrogen) atoms.